The fraction of sp³-hybridized carbons (Fsp3) is 0.500. The molecule has 21 heavy (non-hydrogen) atoms. The first-order valence-corrected chi connectivity index (χ1v) is 7.98. The molecule has 1 aromatic heterocycles. The van der Waals surface area contributed by atoms with Crippen molar-refractivity contribution in [3.63, 3.8) is 0 Å². The van der Waals surface area contributed by atoms with Crippen LogP contribution in [0.4, 0.5) is 0 Å². The Balaban J connectivity index is 1.96. The topological polar surface area (TPSA) is 36.1 Å². The summed E-state index contributed by atoms with van der Waals surface area (Å²) in [5.74, 6) is 0.838. The van der Waals surface area contributed by atoms with E-state index in [1.54, 1.807) is 0 Å². The standard InChI is InChI=1S/C18H26N2O/c1-4-14(3)13-20(5-2)18(21)11-10-15-12-19-17-9-7-6-8-16(15)17/h6-9,12,14,19H,4-5,10-11,13H2,1-3H3. The number of aromatic nitrogens is 1. The highest BCUT2D eigenvalue weighted by atomic mass is 16.2. The van der Waals surface area contributed by atoms with Crippen LogP contribution in [0.2, 0.25) is 0 Å². The van der Waals surface area contributed by atoms with E-state index in [1.165, 1.54) is 10.9 Å². The number of carbonyl (C=O) groups is 1. The van der Waals surface area contributed by atoms with Gasteiger partial charge in [-0.15, -0.1) is 0 Å². The molecule has 0 aliphatic heterocycles. The van der Waals surface area contributed by atoms with Crippen molar-refractivity contribution in [2.24, 2.45) is 5.92 Å². The lowest BCUT2D eigenvalue weighted by molar-refractivity contribution is -0.131. The maximum atomic E-state index is 12.4. The fourth-order valence-corrected chi connectivity index (χ4v) is 2.65. The summed E-state index contributed by atoms with van der Waals surface area (Å²) < 4.78 is 0. The molecule has 0 spiro atoms. The van der Waals surface area contributed by atoms with Gasteiger partial charge in [-0.1, -0.05) is 38.5 Å². The Morgan fingerprint density at radius 3 is 2.76 bits per heavy atom. The van der Waals surface area contributed by atoms with Crippen molar-refractivity contribution in [2.75, 3.05) is 13.1 Å². The Kier molecular flexibility index (Phi) is 5.43. The van der Waals surface area contributed by atoms with Gasteiger partial charge in [0.2, 0.25) is 5.91 Å². The molecule has 1 unspecified atom stereocenters. The molecule has 1 N–H and O–H groups in total. The maximum Gasteiger partial charge on any atom is 0.222 e. The highest BCUT2D eigenvalue weighted by molar-refractivity contribution is 5.84. The van der Waals surface area contributed by atoms with Crippen molar-refractivity contribution in [3.8, 4) is 0 Å². The molecule has 0 saturated carbocycles. The Morgan fingerprint density at radius 2 is 2.05 bits per heavy atom. The summed E-state index contributed by atoms with van der Waals surface area (Å²) in [5.41, 5.74) is 2.38. The molecule has 0 bridgehead atoms. The molecule has 1 atom stereocenters. The number of hydrogen-bond donors (Lipinski definition) is 1. The van der Waals surface area contributed by atoms with E-state index >= 15 is 0 Å². The molecule has 0 radical (unpaired) electrons. The molecular formula is C18H26N2O. The monoisotopic (exact) mass is 286 g/mol. The third-order valence-electron chi connectivity index (χ3n) is 4.25. The van der Waals surface area contributed by atoms with Gasteiger partial charge in [0.25, 0.3) is 0 Å². The zero-order valence-electron chi connectivity index (χ0n) is 13.4. The Bertz CT molecular complexity index is 588. The second-order valence-electron chi connectivity index (χ2n) is 5.81. The summed E-state index contributed by atoms with van der Waals surface area (Å²) in [7, 11) is 0. The van der Waals surface area contributed by atoms with Gasteiger partial charge in [-0.05, 0) is 30.9 Å². The van der Waals surface area contributed by atoms with E-state index in [0.29, 0.717) is 12.3 Å². The van der Waals surface area contributed by atoms with E-state index in [0.717, 1.165) is 31.4 Å². The van der Waals surface area contributed by atoms with Crippen molar-refractivity contribution >= 4 is 16.8 Å². The zero-order valence-corrected chi connectivity index (χ0v) is 13.4. The number of fused-ring (bicyclic) bond motifs is 1. The van der Waals surface area contributed by atoms with E-state index in [9.17, 15) is 4.79 Å². The smallest absolute Gasteiger partial charge is 0.222 e. The van der Waals surface area contributed by atoms with Crippen molar-refractivity contribution in [3.05, 3.63) is 36.0 Å². The largest absolute Gasteiger partial charge is 0.361 e. The summed E-state index contributed by atoms with van der Waals surface area (Å²) in [6.45, 7) is 8.12. The van der Waals surface area contributed by atoms with Gasteiger partial charge in [-0.3, -0.25) is 4.79 Å². The Morgan fingerprint density at radius 1 is 1.29 bits per heavy atom. The lowest BCUT2D eigenvalue weighted by Crippen LogP contribution is -2.34. The van der Waals surface area contributed by atoms with Gasteiger partial charge in [0.15, 0.2) is 0 Å². The van der Waals surface area contributed by atoms with Crippen LogP contribution in [0.3, 0.4) is 0 Å². The van der Waals surface area contributed by atoms with E-state index < -0.39 is 0 Å². The molecule has 1 aromatic carbocycles. The van der Waals surface area contributed by atoms with Gasteiger partial charge >= 0.3 is 0 Å². The van der Waals surface area contributed by atoms with Crippen LogP contribution in [0, 0.1) is 5.92 Å². The average molecular weight is 286 g/mol. The molecular weight excluding hydrogens is 260 g/mol. The second kappa shape index (κ2) is 7.30. The van der Waals surface area contributed by atoms with Crippen molar-refractivity contribution in [2.45, 2.75) is 40.0 Å². The molecule has 2 aromatic rings. The minimum Gasteiger partial charge on any atom is -0.361 e. The minimum atomic E-state index is 0.267. The van der Waals surface area contributed by atoms with Crippen LogP contribution in [-0.2, 0) is 11.2 Å². The fourth-order valence-electron chi connectivity index (χ4n) is 2.65. The summed E-state index contributed by atoms with van der Waals surface area (Å²) in [6.07, 6.45) is 4.54. The van der Waals surface area contributed by atoms with Gasteiger partial charge < -0.3 is 9.88 Å². The number of aryl methyl sites for hydroxylation is 1. The summed E-state index contributed by atoms with van der Waals surface area (Å²) in [6, 6.07) is 8.26. The van der Waals surface area contributed by atoms with Gasteiger partial charge in [0, 0.05) is 36.6 Å². The first-order valence-electron chi connectivity index (χ1n) is 7.98. The number of nitrogens with one attached hydrogen (secondary N) is 1. The predicted molar refractivity (Wildman–Crippen MR) is 88.3 cm³/mol. The van der Waals surface area contributed by atoms with Gasteiger partial charge in [-0.25, -0.2) is 0 Å². The SMILES string of the molecule is CCC(C)CN(CC)C(=O)CCc1c[nH]c2ccccc12. The highest BCUT2D eigenvalue weighted by Gasteiger charge is 2.14. The molecule has 0 aliphatic rings. The second-order valence-corrected chi connectivity index (χ2v) is 5.81. The van der Waals surface area contributed by atoms with E-state index in [1.807, 2.05) is 23.2 Å². The van der Waals surface area contributed by atoms with Crippen molar-refractivity contribution < 1.29 is 4.79 Å². The summed E-state index contributed by atoms with van der Waals surface area (Å²) in [5, 5.41) is 1.23. The zero-order chi connectivity index (χ0) is 15.2. The number of para-hydroxylation sites is 1. The lowest BCUT2D eigenvalue weighted by Gasteiger charge is -2.24. The first-order chi connectivity index (χ1) is 10.2. The quantitative estimate of drug-likeness (QED) is 0.820. The maximum absolute atomic E-state index is 12.4. The minimum absolute atomic E-state index is 0.267. The number of hydrogen-bond acceptors (Lipinski definition) is 1. The van der Waals surface area contributed by atoms with Crippen LogP contribution >= 0.6 is 0 Å². The van der Waals surface area contributed by atoms with E-state index in [-0.39, 0.29) is 5.91 Å². The van der Waals surface area contributed by atoms with E-state index in [2.05, 4.69) is 37.9 Å². The van der Waals surface area contributed by atoms with Crippen molar-refractivity contribution in [1.82, 2.24) is 9.88 Å². The highest BCUT2D eigenvalue weighted by Crippen LogP contribution is 2.19. The number of aromatic amines is 1. The number of amides is 1. The summed E-state index contributed by atoms with van der Waals surface area (Å²) in [4.78, 5) is 17.6. The first kappa shape index (κ1) is 15.6. The van der Waals surface area contributed by atoms with Gasteiger partial charge in [0.05, 0.1) is 0 Å². The molecule has 2 rings (SSSR count). The molecule has 0 saturated heterocycles. The van der Waals surface area contributed by atoms with Crippen LogP contribution in [-0.4, -0.2) is 28.9 Å². The predicted octanol–water partition coefficient (Wildman–Crippen LogP) is 4.00. The van der Waals surface area contributed by atoms with Crippen LogP contribution in [0.25, 0.3) is 10.9 Å². The van der Waals surface area contributed by atoms with Crippen LogP contribution < -0.4 is 0 Å². The Hall–Kier alpha value is -1.77. The average Bonchev–Trinajstić information content (AvgIpc) is 2.93. The molecule has 0 aliphatic carbocycles. The van der Waals surface area contributed by atoms with Gasteiger partial charge in [0.1, 0.15) is 0 Å². The van der Waals surface area contributed by atoms with Crippen molar-refractivity contribution in [1.29, 1.82) is 0 Å². The Labute approximate surface area is 127 Å². The molecule has 1 heterocycles. The third kappa shape index (κ3) is 3.87. The van der Waals surface area contributed by atoms with E-state index in [4.69, 9.17) is 0 Å². The number of carbonyl (C=O) groups excluding carboxylic acids is 1. The number of nitrogens with zero attached hydrogens (tertiary/aromatic N) is 1. The summed E-state index contributed by atoms with van der Waals surface area (Å²) >= 11 is 0. The molecule has 114 valence electrons. The number of benzene rings is 1. The molecule has 3 heteroatoms. The van der Waals surface area contributed by atoms with Crippen LogP contribution in [0.1, 0.15) is 39.2 Å². The number of rotatable bonds is 7. The third-order valence-corrected chi connectivity index (χ3v) is 4.25. The molecule has 0 fully saturated rings. The van der Waals surface area contributed by atoms with Gasteiger partial charge in [-0.2, -0.15) is 0 Å². The molecule has 1 amide bonds. The van der Waals surface area contributed by atoms with Crippen LogP contribution in [0.15, 0.2) is 30.5 Å². The normalized spacial score (nSPS) is 12.5. The number of H-pyrrole nitrogens is 1. The molecule has 3 nitrogen and oxygen atoms in total. The lowest BCUT2D eigenvalue weighted by atomic mass is 10.1. The van der Waals surface area contributed by atoms with Crippen LogP contribution in [0.5, 0.6) is 0 Å².